The SMILES string of the molecule is CCOC(=O)N1CCN(c2ncnc(N3CCN(CCO)CC3)c2N)CC1. The van der Waals surface area contributed by atoms with Crippen LogP contribution in [0.5, 0.6) is 0 Å². The number of hydrogen-bond acceptors (Lipinski definition) is 9. The average molecular weight is 379 g/mol. The molecule has 10 nitrogen and oxygen atoms in total. The van der Waals surface area contributed by atoms with Crippen molar-refractivity contribution >= 4 is 23.4 Å². The molecule has 0 aliphatic carbocycles. The van der Waals surface area contributed by atoms with E-state index in [2.05, 4.69) is 24.7 Å². The van der Waals surface area contributed by atoms with Crippen molar-refractivity contribution < 1.29 is 14.6 Å². The van der Waals surface area contributed by atoms with Gasteiger partial charge in [0.15, 0.2) is 11.6 Å². The summed E-state index contributed by atoms with van der Waals surface area (Å²) in [6, 6.07) is 0. The van der Waals surface area contributed by atoms with Crippen molar-refractivity contribution in [3.05, 3.63) is 6.33 Å². The number of anilines is 3. The fourth-order valence-corrected chi connectivity index (χ4v) is 3.52. The molecule has 1 amide bonds. The standard InChI is InChI=1S/C17H29N7O3/c1-2-27-17(26)24-9-7-23(8-10-24)16-14(18)15(19-13-20-16)22-5-3-21(4-6-22)11-12-25/h13,25H,2-12,18H2,1H3. The molecule has 3 N–H and O–H groups in total. The number of amides is 1. The second-order valence-corrected chi connectivity index (χ2v) is 6.66. The van der Waals surface area contributed by atoms with Gasteiger partial charge in [0.25, 0.3) is 0 Å². The molecule has 0 radical (unpaired) electrons. The number of β-amino-alcohol motifs (C(OH)–C–C–N with tert-alkyl or cyclic N) is 1. The van der Waals surface area contributed by atoms with Crippen LogP contribution in [-0.4, -0.2) is 103 Å². The molecule has 2 saturated heterocycles. The van der Waals surface area contributed by atoms with Crippen LogP contribution in [0.3, 0.4) is 0 Å². The van der Waals surface area contributed by atoms with Crippen molar-refractivity contribution in [3.8, 4) is 0 Å². The molecular weight excluding hydrogens is 350 g/mol. The van der Waals surface area contributed by atoms with Gasteiger partial charge in [-0.05, 0) is 6.92 Å². The topological polar surface area (TPSA) is 111 Å². The minimum atomic E-state index is -0.269. The van der Waals surface area contributed by atoms with E-state index in [-0.39, 0.29) is 12.7 Å². The number of aromatic nitrogens is 2. The van der Waals surface area contributed by atoms with Crippen LogP contribution < -0.4 is 15.5 Å². The quantitative estimate of drug-likeness (QED) is 0.696. The highest BCUT2D eigenvalue weighted by atomic mass is 16.6. The maximum absolute atomic E-state index is 11.9. The molecule has 3 heterocycles. The molecular formula is C17H29N7O3. The number of nitrogens with two attached hydrogens (primary N) is 1. The second kappa shape index (κ2) is 9.05. The van der Waals surface area contributed by atoms with Crippen LogP contribution in [0.4, 0.5) is 22.1 Å². The Kier molecular flexibility index (Phi) is 6.51. The van der Waals surface area contributed by atoms with Crippen molar-refractivity contribution in [2.24, 2.45) is 0 Å². The van der Waals surface area contributed by atoms with Crippen molar-refractivity contribution in [1.29, 1.82) is 0 Å². The third-order valence-corrected chi connectivity index (χ3v) is 5.04. The number of hydrogen-bond donors (Lipinski definition) is 2. The Balaban J connectivity index is 1.63. The van der Waals surface area contributed by atoms with Gasteiger partial charge >= 0.3 is 6.09 Å². The first kappa shape index (κ1) is 19.4. The summed E-state index contributed by atoms with van der Waals surface area (Å²) in [7, 11) is 0. The summed E-state index contributed by atoms with van der Waals surface area (Å²) in [6.07, 6.45) is 1.29. The molecule has 2 aliphatic rings. The maximum Gasteiger partial charge on any atom is 0.409 e. The second-order valence-electron chi connectivity index (χ2n) is 6.66. The summed E-state index contributed by atoms with van der Waals surface area (Å²) in [5.41, 5.74) is 6.99. The van der Waals surface area contributed by atoms with Gasteiger partial charge in [0.2, 0.25) is 0 Å². The average Bonchev–Trinajstić information content (AvgIpc) is 2.70. The number of aliphatic hydroxyl groups excluding tert-OH is 1. The third kappa shape index (κ3) is 4.51. The highest BCUT2D eigenvalue weighted by Gasteiger charge is 2.26. The molecule has 3 rings (SSSR count). The summed E-state index contributed by atoms with van der Waals surface area (Å²) < 4.78 is 5.06. The lowest BCUT2D eigenvalue weighted by atomic mass is 10.2. The minimum absolute atomic E-state index is 0.178. The Bertz CT molecular complexity index is 629. The van der Waals surface area contributed by atoms with E-state index >= 15 is 0 Å². The molecule has 2 aliphatic heterocycles. The summed E-state index contributed by atoms with van der Waals surface area (Å²) in [5.74, 6) is 1.48. The van der Waals surface area contributed by atoms with Crippen LogP contribution in [0.2, 0.25) is 0 Å². The Morgan fingerprint density at radius 2 is 1.63 bits per heavy atom. The summed E-state index contributed by atoms with van der Waals surface area (Å²) in [5, 5.41) is 9.08. The molecule has 0 atom stereocenters. The van der Waals surface area contributed by atoms with E-state index in [4.69, 9.17) is 15.6 Å². The molecule has 10 heteroatoms. The van der Waals surface area contributed by atoms with Gasteiger partial charge in [-0.3, -0.25) is 4.90 Å². The summed E-state index contributed by atoms with van der Waals surface area (Å²) in [4.78, 5) is 28.8. The van der Waals surface area contributed by atoms with Gasteiger partial charge < -0.3 is 30.3 Å². The first-order valence-electron chi connectivity index (χ1n) is 9.49. The lowest BCUT2D eigenvalue weighted by molar-refractivity contribution is 0.105. The number of aliphatic hydroxyl groups is 1. The van der Waals surface area contributed by atoms with Crippen LogP contribution >= 0.6 is 0 Å². The zero-order valence-electron chi connectivity index (χ0n) is 15.9. The van der Waals surface area contributed by atoms with Gasteiger partial charge in [-0.2, -0.15) is 0 Å². The van der Waals surface area contributed by atoms with Gasteiger partial charge in [-0.15, -0.1) is 0 Å². The number of nitrogens with zero attached hydrogens (tertiary/aromatic N) is 6. The number of carbonyl (C=O) groups excluding carboxylic acids is 1. The fourth-order valence-electron chi connectivity index (χ4n) is 3.52. The lowest BCUT2D eigenvalue weighted by Crippen LogP contribution is -2.50. The van der Waals surface area contributed by atoms with Crippen LogP contribution in [0.15, 0.2) is 6.33 Å². The van der Waals surface area contributed by atoms with Crippen molar-refractivity contribution in [1.82, 2.24) is 19.8 Å². The maximum atomic E-state index is 11.9. The van der Waals surface area contributed by atoms with Gasteiger partial charge in [-0.25, -0.2) is 14.8 Å². The predicted molar refractivity (Wildman–Crippen MR) is 103 cm³/mol. The summed E-state index contributed by atoms with van der Waals surface area (Å²) in [6.45, 7) is 8.92. The van der Waals surface area contributed by atoms with Crippen LogP contribution in [0.1, 0.15) is 6.92 Å². The molecule has 0 saturated carbocycles. The van der Waals surface area contributed by atoms with Crippen LogP contribution in [0, 0.1) is 0 Å². The predicted octanol–water partition coefficient (Wildman–Crippen LogP) is -0.548. The number of carbonyl (C=O) groups is 1. The number of ether oxygens (including phenoxy) is 1. The van der Waals surface area contributed by atoms with E-state index in [0.717, 1.165) is 37.8 Å². The molecule has 0 spiro atoms. The fraction of sp³-hybridized carbons (Fsp3) is 0.706. The van der Waals surface area contributed by atoms with E-state index in [1.165, 1.54) is 0 Å². The van der Waals surface area contributed by atoms with E-state index < -0.39 is 0 Å². The van der Waals surface area contributed by atoms with Crippen LogP contribution in [0.25, 0.3) is 0 Å². The Morgan fingerprint density at radius 1 is 1.07 bits per heavy atom. The monoisotopic (exact) mass is 379 g/mol. The molecule has 150 valence electrons. The first-order valence-corrected chi connectivity index (χ1v) is 9.49. The Hall–Kier alpha value is -2.33. The number of rotatable bonds is 5. The van der Waals surface area contributed by atoms with Crippen molar-refractivity contribution in [3.63, 3.8) is 0 Å². The van der Waals surface area contributed by atoms with Crippen LogP contribution in [-0.2, 0) is 4.74 Å². The van der Waals surface area contributed by atoms with Gasteiger partial charge in [0.1, 0.15) is 12.0 Å². The number of piperazine rings is 2. The van der Waals surface area contributed by atoms with Crippen molar-refractivity contribution in [2.75, 3.05) is 87.7 Å². The zero-order chi connectivity index (χ0) is 19.2. The molecule has 1 aromatic rings. The highest BCUT2D eigenvalue weighted by molar-refractivity contribution is 5.76. The van der Waals surface area contributed by atoms with E-state index in [0.29, 0.717) is 45.0 Å². The molecule has 27 heavy (non-hydrogen) atoms. The van der Waals surface area contributed by atoms with Gasteiger partial charge in [-0.1, -0.05) is 0 Å². The molecule has 2 fully saturated rings. The van der Waals surface area contributed by atoms with Crippen molar-refractivity contribution in [2.45, 2.75) is 6.92 Å². The molecule has 0 unspecified atom stereocenters. The summed E-state index contributed by atoms with van der Waals surface area (Å²) >= 11 is 0. The zero-order valence-corrected chi connectivity index (χ0v) is 15.9. The Labute approximate surface area is 159 Å². The minimum Gasteiger partial charge on any atom is -0.450 e. The number of nitrogen functional groups attached to an aromatic ring is 1. The largest absolute Gasteiger partial charge is 0.450 e. The molecule has 1 aromatic heterocycles. The van der Waals surface area contributed by atoms with Gasteiger partial charge in [0, 0.05) is 58.9 Å². The third-order valence-electron chi connectivity index (χ3n) is 5.04. The first-order chi connectivity index (χ1) is 13.1. The van der Waals surface area contributed by atoms with Gasteiger partial charge in [0.05, 0.1) is 13.2 Å². The smallest absolute Gasteiger partial charge is 0.409 e. The highest BCUT2D eigenvalue weighted by Crippen LogP contribution is 2.30. The van der Waals surface area contributed by atoms with E-state index in [9.17, 15) is 4.79 Å². The molecule has 0 aromatic carbocycles. The van der Waals surface area contributed by atoms with E-state index in [1.807, 2.05) is 0 Å². The lowest BCUT2D eigenvalue weighted by Gasteiger charge is -2.37. The normalized spacial score (nSPS) is 18.7. The van der Waals surface area contributed by atoms with E-state index in [1.54, 1.807) is 18.2 Å². The molecule has 0 bridgehead atoms. The Morgan fingerprint density at radius 3 is 2.15 bits per heavy atom.